The minimum Gasteiger partial charge on any atom is -0.434 e. The number of alkyl halides is 2. The molecule has 0 saturated heterocycles. The second kappa shape index (κ2) is 12.3. The van der Waals surface area contributed by atoms with Crippen molar-refractivity contribution in [2.24, 2.45) is 0 Å². The molecule has 42 heavy (non-hydrogen) atoms. The van der Waals surface area contributed by atoms with Gasteiger partial charge in [-0.25, -0.2) is 4.52 Å². The van der Waals surface area contributed by atoms with Gasteiger partial charge in [0.2, 0.25) is 0 Å². The van der Waals surface area contributed by atoms with E-state index in [1.165, 1.54) is 6.07 Å². The van der Waals surface area contributed by atoms with Gasteiger partial charge in [-0.2, -0.15) is 13.9 Å². The van der Waals surface area contributed by atoms with Gasteiger partial charge in [0.05, 0.1) is 17.8 Å². The van der Waals surface area contributed by atoms with Crippen molar-refractivity contribution in [2.75, 3.05) is 0 Å². The van der Waals surface area contributed by atoms with Crippen molar-refractivity contribution in [3.63, 3.8) is 0 Å². The molecule has 0 bridgehead atoms. The van der Waals surface area contributed by atoms with E-state index in [4.69, 9.17) is 25.9 Å². The zero-order chi connectivity index (χ0) is 30.1. The molecule has 1 unspecified atom stereocenters. The highest BCUT2D eigenvalue weighted by molar-refractivity contribution is 9.10. The molecule has 5 nitrogen and oxygen atoms in total. The van der Waals surface area contributed by atoms with Crippen LogP contribution in [0.5, 0.6) is 5.75 Å². The maximum atomic E-state index is 13.3. The number of nitrogens with zero attached hydrogens (tertiary/aromatic N) is 2. The Morgan fingerprint density at radius 1 is 0.929 bits per heavy atom. The van der Waals surface area contributed by atoms with Gasteiger partial charge in [0.25, 0.3) is 8.32 Å². The highest BCUT2D eigenvalue weighted by atomic mass is 79.9. The van der Waals surface area contributed by atoms with Gasteiger partial charge >= 0.3 is 6.61 Å². The SMILES string of the molecule is CC(C)(C)[Si](OCc1nn2ccc(Cl)cc2c1C(O)c1c(Br)cccc1OC(F)F)(c1ccccc1)c1ccccc1. The van der Waals surface area contributed by atoms with Crippen LogP contribution < -0.4 is 15.1 Å². The summed E-state index contributed by atoms with van der Waals surface area (Å²) in [7, 11) is -2.96. The van der Waals surface area contributed by atoms with Crippen LogP contribution in [0.25, 0.3) is 5.52 Å². The van der Waals surface area contributed by atoms with Crippen molar-refractivity contribution < 1.29 is 23.1 Å². The van der Waals surface area contributed by atoms with Gasteiger partial charge < -0.3 is 14.3 Å². The van der Waals surface area contributed by atoms with E-state index in [1.807, 2.05) is 36.4 Å². The van der Waals surface area contributed by atoms with E-state index < -0.39 is 21.0 Å². The minimum absolute atomic E-state index is 0.0501. The number of benzene rings is 3. The van der Waals surface area contributed by atoms with Crippen molar-refractivity contribution in [3.8, 4) is 5.75 Å². The first-order chi connectivity index (χ1) is 20.0. The van der Waals surface area contributed by atoms with E-state index in [0.717, 1.165) is 10.4 Å². The van der Waals surface area contributed by atoms with Crippen LogP contribution in [0.1, 0.15) is 43.7 Å². The van der Waals surface area contributed by atoms with Crippen LogP contribution in [0.3, 0.4) is 0 Å². The molecule has 0 amide bonds. The van der Waals surface area contributed by atoms with Gasteiger partial charge in [0.1, 0.15) is 11.9 Å². The Bertz CT molecular complexity index is 1640. The number of hydrogen-bond acceptors (Lipinski definition) is 4. The predicted octanol–water partition coefficient (Wildman–Crippen LogP) is 7.51. The monoisotopic (exact) mass is 670 g/mol. The summed E-state index contributed by atoms with van der Waals surface area (Å²) in [6.07, 6.45) is 0.305. The maximum Gasteiger partial charge on any atom is 0.387 e. The molecule has 218 valence electrons. The number of pyridine rings is 1. The van der Waals surface area contributed by atoms with Crippen molar-refractivity contribution in [1.29, 1.82) is 0 Å². The Morgan fingerprint density at radius 3 is 2.12 bits per heavy atom. The van der Waals surface area contributed by atoms with Crippen LogP contribution in [0.15, 0.2) is 102 Å². The van der Waals surface area contributed by atoms with E-state index >= 15 is 0 Å². The summed E-state index contributed by atoms with van der Waals surface area (Å²) in [6.45, 7) is 3.50. The average Bonchev–Trinajstić information content (AvgIpc) is 3.31. The molecule has 0 fully saturated rings. The molecule has 2 heterocycles. The average molecular weight is 672 g/mol. The first kappa shape index (κ1) is 30.4. The number of aliphatic hydroxyl groups is 1. The molecular weight excluding hydrogens is 642 g/mol. The number of fused-ring (bicyclic) bond motifs is 1. The smallest absolute Gasteiger partial charge is 0.387 e. The Kier molecular flexibility index (Phi) is 8.87. The fourth-order valence-electron chi connectivity index (χ4n) is 5.56. The quantitative estimate of drug-likeness (QED) is 0.165. The minimum atomic E-state index is -3.07. The summed E-state index contributed by atoms with van der Waals surface area (Å²) in [5.74, 6) is -0.146. The number of halogens is 4. The first-order valence-corrected chi connectivity index (χ1v) is 16.4. The molecule has 0 spiro atoms. The molecule has 3 aromatic carbocycles. The molecule has 0 aliphatic heterocycles. The lowest BCUT2D eigenvalue weighted by Crippen LogP contribution is -2.66. The molecule has 0 radical (unpaired) electrons. The summed E-state index contributed by atoms with van der Waals surface area (Å²) < 4.78 is 40.6. The lowest BCUT2D eigenvalue weighted by Gasteiger charge is -2.43. The van der Waals surface area contributed by atoms with Crippen molar-refractivity contribution in [2.45, 2.75) is 45.1 Å². The predicted molar refractivity (Wildman–Crippen MR) is 167 cm³/mol. The summed E-state index contributed by atoms with van der Waals surface area (Å²) in [4.78, 5) is 0. The Morgan fingerprint density at radius 2 is 1.55 bits per heavy atom. The van der Waals surface area contributed by atoms with Crippen molar-refractivity contribution >= 4 is 51.7 Å². The van der Waals surface area contributed by atoms with Crippen molar-refractivity contribution in [1.82, 2.24) is 9.61 Å². The van der Waals surface area contributed by atoms with Gasteiger partial charge in [0, 0.05) is 26.8 Å². The van der Waals surface area contributed by atoms with Crippen LogP contribution in [-0.4, -0.2) is 29.6 Å². The number of aliphatic hydroxyl groups excluding tert-OH is 1. The van der Waals surface area contributed by atoms with Gasteiger partial charge in [-0.15, -0.1) is 0 Å². The lowest BCUT2D eigenvalue weighted by molar-refractivity contribution is -0.0513. The number of rotatable bonds is 9. The highest BCUT2D eigenvalue weighted by Crippen LogP contribution is 2.41. The highest BCUT2D eigenvalue weighted by Gasteiger charge is 2.50. The molecule has 0 saturated carbocycles. The van der Waals surface area contributed by atoms with E-state index in [9.17, 15) is 13.9 Å². The zero-order valence-electron chi connectivity index (χ0n) is 23.3. The van der Waals surface area contributed by atoms with Gasteiger partial charge in [-0.3, -0.25) is 0 Å². The van der Waals surface area contributed by atoms with Gasteiger partial charge in [-0.1, -0.05) is 115 Å². The van der Waals surface area contributed by atoms with Crippen LogP contribution in [0.4, 0.5) is 8.78 Å². The van der Waals surface area contributed by atoms with Crippen LogP contribution >= 0.6 is 27.5 Å². The van der Waals surface area contributed by atoms with Crippen LogP contribution in [0.2, 0.25) is 10.1 Å². The fraction of sp³-hybridized carbons (Fsp3) is 0.219. The summed E-state index contributed by atoms with van der Waals surface area (Å²) in [5.41, 5.74) is 1.52. The molecule has 0 aliphatic rings. The summed E-state index contributed by atoms with van der Waals surface area (Å²) >= 11 is 9.79. The second-order valence-corrected chi connectivity index (χ2v) is 16.5. The Labute approximate surface area is 257 Å². The molecular formula is C32H30BrClF2N2O3Si. The molecule has 0 aliphatic carbocycles. The molecule has 5 rings (SSSR count). The van der Waals surface area contributed by atoms with Crippen LogP contribution in [0, 0.1) is 0 Å². The third-order valence-electron chi connectivity index (χ3n) is 7.33. The standard InChI is InChI=1S/C32H30BrClF2N2O3Si/c1-32(2,3)42(22-11-6-4-7-12-22,23-13-8-5-9-14-23)40-20-25-29(26-19-21(34)17-18-38(26)37-25)30(39)28-24(33)15-10-16-27(28)41-31(35)36/h4-19,30-31,39H,20H2,1-3H3. The lowest BCUT2D eigenvalue weighted by atomic mass is 9.99. The Balaban J connectivity index is 1.68. The van der Waals surface area contributed by atoms with E-state index in [2.05, 4.69) is 61.0 Å². The zero-order valence-corrected chi connectivity index (χ0v) is 26.6. The maximum absolute atomic E-state index is 13.3. The van der Waals surface area contributed by atoms with Gasteiger partial charge in [-0.05, 0) is 39.7 Å². The third kappa shape index (κ3) is 5.76. The fourth-order valence-corrected chi connectivity index (χ4v) is 10.8. The molecule has 1 atom stereocenters. The number of ether oxygens (including phenoxy) is 1. The normalized spacial score (nSPS) is 13.1. The first-order valence-electron chi connectivity index (χ1n) is 13.4. The second-order valence-electron chi connectivity index (χ2n) is 10.9. The van der Waals surface area contributed by atoms with E-state index in [-0.39, 0.29) is 23.0 Å². The third-order valence-corrected chi connectivity index (χ3v) is 13.2. The molecule has 10 heteroatoms. The number of hydrogen-bond donors (Lipinski definition) is 1. The van der Waals surface area contributed by atoms with E-state index in [1.54, 1.807) is 35.0 Å². The Hall–Kier alpha value is -3.08. The molecule has 5 aromatic rings. The van der Waals surface area contributed by atoms with Crippen LogP contribution in [-0.2, 0) is 11.0 Å². The molecule has 1 N–H and O–H groups in total. The largest absolute Gasteiger partial charge is 0.434 e. The van der Waals surface area contributed by atoms with Crippen molar-refractivity contribution in [3.05, 3.63) is 124 Å². The van der Waals surface area contributed by atoms with Gasteiger partial charge in [0.15, 0.2) is 0 Å². The topological polar surface area (TPSA) is 56.0 Å². The number of aromatic nitrogens is 2. The summed E-state index contributed by atoms with van der Waals surface area (Å²) in [5, 5.41) is 19.0. The summed E-state index contributed by atoms with van der Waals surface area (Å²) in [6, 6.07) is 28.4. The van der Waals surface area contributed by atoms with E-state index in [0.29, 0.717) is 26.3 Å². The molecule has 2 aromatic heterocycles.